The number of fused-ring (bicyclic) bond motifs is 1. The van der Waals surface area contributed by atoms with Gasteiger partial charge < -0.3 is 10.8 Å². The number of nitrogens with zero attached hydrogens (tertiary/aromatic N) is 3. The molecule has 12 nitrogen and oxygen atoms in total. The molecule has 1 heterocycles. The highest BCUT2D eigenvalue weighted by molar-refractivity contribution is 7.89. The number of rotatable bonds is 9. The molecule has 13 heteroatoms. The molecular formula is C16H20N6O6S. The number of para-hydroxylation sites is 1. The zero-order chi connectivity index (χ0) is 21.6. The van der Waals surface area contributed by atoms with Gasteiger partial charge in [0, 0.05) is 18.1 Å². The molecule has 0 saturated carbocycles. The van der Waals surface area contributed by atoms with Gasteiger partial charge in [-0.25, -0.2) is 23.5 Å². The summed E-state index contributed by atoms with van der Waals surface area (Å²) in [5.41, 5.74) is 7.99. The number of pyridine rings is 1. The second-order valence-electron chi connectivity index (χ2n) is 6.13. The van der Waals surface area contributed by atoms with Crippen molar-refractivity contribution in [2.45, 2.75) is 30.7 Å². The van der Waals surface area contributed by atoms with E-state index in [4.69, 9.17) is 5.73 Å². The van der Waals surface area contributed by atoms with E-state index >= 15 is 0 Å². The smallest absolute Gasteiger partial charge is 0.321 e. The molecule has 0 spiro atoms. The number of aliphatic carboxylic acids is 1. The second kappa shape index (κ2) is 9.25. The number of hydrazine groups is 1. The first-order valence-corrected chi connectivity index (χ1v) is 9.90. The van der Waals surface area contributed by atoms with Crippen molar-refractivity contribution in [3.63, 3.8) is 0 Å². The molecule has 0 radical (unpaired) electrons. The van der Waals surface area contributed by atoms with E-state index in [1.54, 1.807) is 23.6 Å². The molecule has 0 saturated heterocycles. The van der Waals surface area contributed by atoms with E-state index in [-0.39, 0.29) is 29.8 Å². The second-order valence-corrected chi connectivity index (χ2v) is 7.81. The topological polar surface area (TPSA) is 190 Å². The fraction of sp³-hybridized carbons (Fsp3) is 0.312. The third-order valence-corrected chi connectivity index (χ3v) is 5.34. The third kappa shape index (κ3) is 6.08. The number of aryl methyl sites for hydroxylation is 1. The minimum absolute atomic E-state index is 0.0206. The number of sulfonamides is 1. The molecule has 0 aliphatic heterocycles. The Morgan fingerprint density at radius 2 is 2.17 bits per heavy atom. The number of benzene rings is 1. The van der Waals surface area contributed by atoms with E-state index in [0.717, 1.165) is 5.56 Å². The number of carboxylic acid groups (broad SMARTS) is 1. The molecule has 0 aliphatic carbocycles. The Labute approximate surface area is 166 Å². The molecule has 2 aromatic rings. The van der Waals surface area contributed by atoms with Crippen LogP contribution in [0.1, 0.15) is 18.4 Å². The van der Waals surface area contributed by atoms with Gasteiger partial charge in [0.2, 0.25) is 10.0 Å². The molecule has 1 aromatic carbocycles. The summed E-state index contributed by atoms with van der Waals surface area (Å²) < 4.78 is 27.7. The molecule has 1 aromatic heterocycles. The van der Waals surface area contributed by atoms with Gasteiger partial charge in [0.15, 0.2) is 5.03 Å². The summed E-state index contributed by atoms with van der Waals surface area (Å²) in [4.78, 5) is 29.4. The monoisotopic (exact) mass is 424 g/mol. The summed E-state index contributed by atoms with van der Waals surface area (Å²) in [5, 5.41) is 19.3. The Hall–Kier alpha value is -3.32. The number of carboxylic acids is 1. The fourth-order valence-electron chi connectivity index (χ4n) is 2.57. The average Bonchev–Trinajstić information content (AvgIpc) is 2.62. The van der Waals surface area contributed by atoms with Crippen molar-refractivity contribution in [2.24, 2.45) is 10.7 Å². The number of hydrogen-bond donors (Lipinski definition) is 4. The first kappa shape index (κ1) is 22.0. The normalized spacial score (nSPS) is 13.2. The highest BCUT2D eigenvalue weighted by atomic mass is 32.2. The van der Waals surface area contributed by atoms with Crippen LogP contribution in [0.4, 0.5) is 0 Å². The lowest BCUT2D eigenvalue weighted by atomic mass is 10.2. The van der Waals surface area contributed by atoms with Gasteiger partial charge in [0.1, 0.15) is 10.9 Å². The van der Waals surface area contributed by atoms with E-state index < -0.39 is 33.0 Å². The maximum Gasteiger partial charge on any atom is 0.321 e. The number of guanidine groups is 1. The molecule has 0 unspecified atom stereocenters. The van der Waals surface area contributed by atoms with Gasteiger partial charge in [-0.3, -0.25) is 9.78 Å². The fourth-order valence-corrected chi connectivity index (χ4v) is 3.97. The van der Waals surface area contributed by atoms with Gasteiger partial charge in [0.05, 0.1) is 5.52 Å². The molecule has 2 rings (SSSR count). The SMILES string of the molecule is Cc1cnc2c(S(=O)(=O)N[C@@H](CCCN=C(N)N[N+](=O)[O-])C(=O)O)cccc2c1. The lowest BCUT2D eigenvalue weighted by Crippen LogP contribution is -2.41. The van der Waals surface area contributed by atoms with Gasteiger partial charge in [-0.05, 0) is 37.5 Å². The van der Waals surface area contributed by atoms with E-state index in [1.807, 2.05) is 6.92 Å². The Bertz CT molecular complexity index is 1060. The van der Waals surface area contributed by atoms with Gasteiger partial charge in [-0.2, -0.15) is 4.72 Å². The number of nitrogens with one attached hydrogen (secondary N) is 2. The number of nitrogens with two attached hydrogens (primary N) is 1. The van der Waals surface area contributed by atoms with Crippen molar-refractivity contribution >= 4 is 32.9 Å². The van der Waals surface area contributed by atoms with Crippen LogP contribution in [0.15, 0.2) is 40.4 Å². The Morgan fingerprint density at radius 1 is 1.45 bits per heavy atom. The molecule has 0 aliphatic rings. The van der Waals surface area contributed by atoms with Crippen LogP contribution in [0.2, 0.25) is 0 Å². The standard InChI is InChI=1S/C16H20N6O6S/c1-10-8-11-4-2-6-13(14(11)19-9-10)29(27,28)21-12(15(23)24)5-3-7-18-16(17)20-22(25)26/h2,4,6,8-9,12,21H,3,5,7H2,1H3,(H,23,24)(H3,17,18,20)/t12-/m0/s1. The number of nitro groups is 1. The first-order chi connectivity index (χ1) is 13.6. The van der Waals surface area contributed by atoms with Crippen LogP contribution >= 0.6 is 0 Å². The highest BCUT2D eigenvalue weighted by Gasteiger charge is 2.26. The van der Waals surface area contributed by atoms with E-state index in [1.165, 1.54) is 12.3 Å². The van der Waals surface area contributed by atoms with Crippen LogP contribution in [0.5, 0.6) is 0 Å². The van der Waals surface area contributed by atoms with E-state index in [9.17, 15) is 28.4 Å². The summed E-state index contributed by atoms with van der Waals surface area (Å²) in [6.07, 6.45) is 1.56. The molecule has 0 fully saturated rings. The molecule has 1 atom stereocenters. The number of carbonyl (C=O) groups is 1. The number of aromatic nitrogens is 1. The predicted molar refractivity (Wildman–Crippen MR) is 104 cm³/mol. The summed E-state index contributed by atoms with van der Waals surface area (Å²) in [7, 11) is -4.17. The van der Waals surface area contributed by atoms with Crippen molar-refractivity contribution in [1.29, 1.82) is 0 Å². The van der Waals surface area contributed by atoms with Gasteiger partial charge >= 0.3 is 5.97 Å². The Balaban J connectivity index is 2.14. The maximum atomic E-state index is 12.8. The average molecular weight is 424 g/mol. The molecule has 156 valence electrons. The van der Waals surface area contributed by atoms with Crippen LogP contribution in [0, 0.1) is 17.0 Å². The Morgan fingerprint density at radius 3 is 2.83 bits per heavy atom. The predicted octanol–water partition coefficient (Wildman–Crippen LogP) is 0.151. The molecular weight excluding hydrogens is 404 g/mol. The Kier molecular flexibility index (Phi) is 7.01. The van der Waals surface area contributed by atoms with Crippen LogP contribution in [-0.4, -0.2) is 48.1 Å². The van der Waals surface area contributed by atoms with Gasteiger partial charge in [-0.15, -0.1) is 0 Å². The lowest BCUT2D eigenvalue weighted by molar-refractivity contribution is -0.525. The van der Waals surface area contributed by atoms with Crippen molar-refractivity contribution < 1.29 is 23.4 Å². The van der Waals surface area contributed by atoms with Crippen LogP contribution in [0.3, 0.4) is 0 Å². The molecule has 29 heavy (non-hydrogen) atoms. The van der Waals surface area contributed by atoms with Crippen molar-refractivity contribution in [2.75, 3.05) is 6.54 Å². The van der Waals surface area contributed by atoms with Crippen LogP contribution in [-0.2, 0) is 14.8 Å². The zero-order valence-corrected chi connectivity index (χ0v) is 16.2. The largest absolute Gasteiger partial charge is 0.480 e. The zero-order valence-electron chi connectivity index (χ0n) is 15.4. The maximum absolute atomic E-state index is 12.8. The number of hydrogen-bond acceptors (Lipinski definition) is 7. The molecule has 0 bridgehead atoms. The van der Waals surface area contributed by atoms with Crippen LogP contribution < -0.4 is 15.9 Å². The lowest BCUT2D eigenvalue weighted by Gasteiger charge is -2.15. The minimum Gasteiger partial charge on any atom is -0.480 e. The van der Waals surface area contributed by atoms with Gasteiger partial charge in [0.25, 0.3) is 5.96 Å². The van der Waals surface area contributed by atoms with Crippen molar-refractivity contribution in [3.05, 3.63) is 46.1 Å². The summed E-state index contributed by atoms with van der Waals surface area (Å²) >= 11 is 0. The highest BCUT2D eigenvalue weighted by Crippen LogP contribution is 2.22. The number of aliphatic imine (C=N–C) groups is 1. The summed E-state index contributed by atoms with van der Waals surface area (Å²) in [5.74, 6) is -1.79. The summed E-state index contributed by atoms with van der Waals surface area (Å²) in [6, 6.07) is 4.97. The van der Waals surface area contributed by atoms with E-state index in [2.05, 4.69) is 14.7 Å². The van der Waals surface area contributed by atoms with Crippen LogP contribution in [0.25, 0.3) is 10.9 Å². The summed E-state index contributed by atoms with van der Waals surface area (Å²) in [6.45, 7) is 1.80. The quantitative estimate of drug-likeness (QED) is 0.143. The van der Waals surface area contributed by atoms with Crippen molar-refractivity contribution in [1.82, 2.24) is 15.1 Å². The molecule has 5 N–H and O–H groups in total. The van der Waals surface area contributed by atoms with Crippen molar-refractivity contribution in [3.8, 4) is 0 Å². The minimum atomic E-state index is -4.17. The molecule has 0 amide bonds. The third-order valence-electron chi connectivity index (χ3n) is 3.83. The van der Waals surface area contributed by atoms with E-state index in [0.29, 0.717) is 5.39 Å². The first-order valence-electron chi connectivity index (χ1n) is 8.41. The van der Waals surface area contributed by atoms with Gasteiger partial charge in [-0.1, -0.05) is 17.6 Å².